The number of benzene rings is 2. The molecule has 0 amide bonds. The molecule has 0 aliphatic heterocycles. The molecular weight excluding hydrogens is 306 g/mol. The third kappa shape index (κ3) is 3.01. The van der Waals surface area contributed by atoms with Crippen molar-refractivity contribution in [2.75, 3.05) is 7.11 Å². The molecule has 0 saturated heterocycles. The fourth-order valence-electron chi connectivity index (χ4n) is 2.25. The van der Waals surface area contributed by atoms with Crippen LogP contribution in [0.5, 0.6) is 11.5 Å². The smallest absolute Gasteiger partial charge is 0.387 e. The molecule has 0 unspecified atom stereocenters. The molecule has 118 valence electrons. The van der Waals surface area contributed by atoms with Crippen molar-refractivity contribution in [2.45, 2.75) is 6.61 Å². The summed E-state index contributed by atoms with van der Waals surface area (Å²) in [6, 6.07) is 10.9. The van der Waals surface area contributed by atoms with E-state index < -0.39 is 6.61 Å². The normalized spacial score (nSPS) is 11.0. The van der Waals surface area contributed by atoms with Gasteiger partial charge < -0.3 is 13.9 Å². The van der Waals surface area contributed by atoms with Crippen molar-refractivity contribution in [3.63, 3.8) is 0 Å². The van der Waals surface area contributed by atoms with E-state index in [2.05, 4.69) is 4.74 Å². The van der Waals surface area contributed by atoms with Crippen molar-refractivity contribution in [3.8, 4) is 22.6 Å². The fraction of sp³-hybridized carbons (Fsp3) is 0.118. The summed E-state index contributed by atoms with van der Waals surface area (Å²) in [6.45, 7) is -2.93. The Bertz CT molecular complexity index is 885. The third-order valence-electron chi connectivity index (χ3n) is 3.37. The van der Waals surface area contributed by atoms with Crippen LogP contribution in [0.4, 0.5) is 8.78 Å². The van der Waals surface area contributed by atoms with Crippen molar-refractivity contribution in [3.05, 3.63) is 59.0 Å². The lowest BCUT2D eigenvalue weighted by molar-refractivity contribution is -0.0497. The molecule has 4 nitrogen and oxygen atoms in total. The van der Waals surface area contributed by atoms with Gasteiger partial charge in [-0.2, -0.15) is 8.78 Å². The average Bonchev–Trinajstić information content (AvgIpc) is 2.55. The van der Waals surface area contributed by atoms with Crippen LogP contribution >= 0.6 is 0 Å². The maximum absolute atomic E-state index is 12.5. The monoisotopic (exact) mass is 318 g/mol. The number of methoxy groups -OCH3 is 1. The second-order valence-corrected chi connectivity index (χ2v) is 4.74. The zero-order valence-electron chi connectivity index (χ0n) is 12.1. The number of rotatable bonds is 4. The number of hydrogen-bond donors (Lipinski definition) is 0. The molecule has 0 aliphatic rings. The second-order valence-electron chi connectivity index (χ2n) is 4.74. The third-order valence-corrected chi connectivity index (χ3v) is 3.37. The van der Waals surface area contributed by atoms with Crippen molar-refractivity contribution < 1.29 is 22.7 Å². The van der Waals surface area contributed by atoms with Crippen LogP contribution < -0.4 is 14.9 Å². The first-order chi connectivity index (χ1) is 11.1. The van der Waals surface area contributed by atoms with E-state index in [0.29, 0.717) is 22.3 Å². The van der Waals surface area contributed by atoms with Gasteiger partial charge in [0, 0.05) is 6.07 Å². The zero-order valence-corrected chi connectivity index (χ0v) is 12.1. The molecule has 1 heterocycles. The molecule has 0 spiro atoms. The number of alkyl halides is 2. The van der Waals surface area contributed by atoms with Gasteiger partial charge >= 0.3 is 6.61 Å². The van der Waals surface area contributed by atoms with Crippen LogP contribution in [-0.4, -0.2) is 13.7 Å². The van der Waals surface area contributed by atoms with Crippen molar-refractivity contribution in [2.24, 2.45) is 0 Å². The van der Waals surface area contributed by atoms with E-state index in [9.17, 15) is 13.6 Å². The molecule has 0 bridgehead atoms. The van der Waals surface area contributed by atoms with E-state index in [-0.39, 0.29) is 16.8 Å². The molecule has 6 heteroatoms. The Balaban J connectivity index is 2.06. The lowest BCUT2D eigenvalue weighted by Gasteiger charge is -2.07. The minimum Gasteiger partial charge on any atom is -0.497 e. The molecule has 1 aromatic heterocycles. The maximum Gasteiger partial charge on any atom is 0.387 e. The van der Waals surface area contributed by atoms with Crippen LogP contribution in [0.15, 0.2) is 57.9 Å². The quantitative estimate of drug-likeness (QED) is 0.727. The SMILES string of the molecule is COc1ccc(-c2coc3cc(OC(F)F)ccc3c2=O)cc1. The van der Waals surface area contributed by atoms with Gasteiger partial charge in [0.05, 0.1) is 18.1 Å². The molecule has 2 aromatic carbocycles. The van der Waals surface area contributed by atoms with E-state index in [1.807, 2.05) is 0 Å². The topological polar surface area (TPSA) is 48.7 Å². The second kappa shape index (κ2) is 6.08. The number of halogens is 2. The summed E-state index contributed by atoms with van der Waals surface area (Å²) in [4.78, 5) is 12.5. The predicted molar refractivity (Wildman–Crippen MR) is 81.1 cm³/mol. The number of fused-ring (bicyclic) bond motifs is 1. The van der Waals surface area contributed by atoms with E-state index >= 15 is 0 Å². The van der Waals surface area contributed by atoms with Gasteiger partial charge in [0.1, 0.15) is 23.3 Å². The summed E-state index contributed by atoms with van der Waals surface area (Å²) < 4.78 is 39.2. The van der Waals surface area contributed by atoms with Crippen LogP contribution in [-0.2, 0) is 0 Å². The minimum absolute atomic E-state index is 0.0622. The van der Waals surface area contributed by atoms with Gasteiger partial charge in [-0.1, -0.05) is 12.1 Å². The summed E-state index contributed by atoms with van der Waals surface area (Å²) in [5, 5.41) is 0.292. The largest absolute Gasteiger partial charge is 0.497 e. The summed E-state index contributed by atoms with van der Waals surface area (Å²) in [6.07, 6.45) is 1.30. The molecule has 0 radical (unpaired) electrons. The van der Waals surface area contributed by atoms with E-state index in [1.54, 1.807) is 31.4 Å². The molecule has 0 N–H and O–H groups in total. The Kier molecular flexibility index (Phi) is 3.97. The molecule has 0 atom stereocenters. The first kappa shape index (κ1) is 15.0. The fourth-order valence-corrected chi connectivity index (χ4v) is 2.25. The van der Waals surface area contributed by atoms with Gasteiger partial charge in [0.15, 0.2) is 5.43 Å². The van der Waals surface area contributed by atoms with Gasteiger partial charge in [-0.3, -0.25) is 4.79 Å². The first-order valence-corrected chi connectivity index (χ1v) is 6.73. The Labute approximate surface area is 129 Å². The summed E-state index contributed by atoms with van der Waals surface area (Å²) in [5.41, 5.74) is 0.988. The lowest BCUT2D eigenvalue weighted by Crippen LogP contribution is -2.06. The number of ether oxygens (including phenoxy) is 2. The molecule has 23 heavy (non-hydrogen) atoms. The van der Waals surface area contributed by atoms with E-state index in [1.165, 1.54) is 24.5 Å². The van der Waals surface area contributed by atoms with Gasteiger partial charge in [0.25, 0.3) is 0 Å². The molecule has 0 fully saturated rings. The van der Waals surface area contributed by atoms with Crippen molar-refractivity contribution in [1.82, 2.24) is 0 Å². The van der Waals surface area contributed by atoms with Crippen LogP contribution in [0.3, 0.4) is 0 Å². The standard InChI is InChI=1S/C17H12F2O4/c1-21-11-4-2-10(3-5-11)14-9-22-15-8-12(23-17(18)19)6-7-13(15)16(14)20/h2-9,17H,1H3. The van der Waals surface area contributed by atoms with Crippen LogP contribution in [0.1, 0.15) is 0 Å². The van der Waals surface area contributed by atoms with Gasteiger partial charge in [-0.05, 0) is 29.8 Å². The zero-order chi connectivity index (χ0) is 16.4. The predicted octanol–water partition coefficient (Wildman–Crippen LogP) is 4.07. The maximum atomic E-state index is 12.5. The summed E-state index contributed by atoms with van der Waals surface area (Å²) >= 11 is 0. The van der Waals surface area contributed by atoms with Crippen LogP contribution in [0.25, 0.3) is 22.1 Å². The van der Waals surface area contributed by atoms with E-state index in [0.717, 1.165) is 0 Å². The van der Waals surface area contributed by atoms with Crippen molar-refractivity contribution in [1.29, 1.82) is 0 Å². The Hall–Kier alpha value is -2.89. The van der Waals surface area contributed by atoms with Gasteiger partial charge in [-0.15, -0.1) is 0 Å². The Morgan fingerprint density at radius 3 is 2.39 bits per heavy atom. The highest BCUT2D eigenvalue weighted by Gasteiger charge is 2.11. The highest BCUT2D eigenvalue weighted by molar-refractivity contribution is 5.82. The minimum atomic E-state index is -2.93. The average molecular weight is 318 g/mol. The molecule has 0 saturated carbocycles. The Morgan fingerprint density at radius 2 is 1.74 bits per heavy atom. The van der Waals surface area contributed by atoms with Gasteiger partial charge in [-0.25, -0.2) is 0 Å². The highest BCUT2D eigenvalue weighted by atomic mass is 19.3. The van der Waals surface area contributed by atoms with Crippen molar-refractivity contribution >= 4 is 11.0 Å². The number of hydrogen-bond acceptors (Lipinski definition) is 4. The summed E-state index contributed by atoms with van der Waals surface area (Å²) in [5.74, 6) is 0.612. The Morgan fingerprint density at radius 1 is 1.04 bits per heavy atom. The molecular formula is C17H12F2O4. The highest BCUT2D eigenvalue weighted by Crippen LogP contribution is 2.25. The molecule has 3 rings (SSSR count). The first-order valence-electron chi connectivity index (χ1n) is 6.73. The summed E-state index contributed by atoms with van der Waals surface area (Å²) in [7, 11) is 1.55. The van der Waals surface area contributed by atoms with Gasteiger partial charge in [0.2, 0.25) is 0 Å². The van der Waals surface area contributed by atoms with Crippen LogP contribution in [0.2, 0.25) is 0 Å². The lowest BCUT2D eigenvalue weighted by atomic mass is 10.1. The van der Waals surface area contributed by atoms with E-state index in [4.69, 9.17) is 9.15 Å². The molecule has 0 aliphatic carbocycles. The molecule has 3 aromatic rings. The van der Waals surface area contributed by atoms with Crippen LogP contribution in [0, 0.1) is 0 Å².